The van der Waals surface area contributed by atoms with E-state index in [0.717, 1.165) is 60.5 Å². The fraction of sp³-hybridized carbons (Fsp3) is 0.615. The molecular weight excluding hydrogens is 834 g/mol. The first-order valence-electron chi connectivity index (χ1n) is 18.9. The van der Waals surface area contributed by atoms with Crippen molar-refractivity contribution in [3.05, 3.63) is 35.9 Å². The zero-order valence-electron chi connectivity index (χ0n) is 35.5. The molecule has 2 aliphatic rings. The van der Waals surface area contributed by atoms with Gasteiger partial charge in [-0.1, -0.05) is 30.3 Å². The Balaban J connectivity index is 2.10. The van der Waals surface area contributed by atoms with Crippen LogP contribution >= 0.6 is 0 Å². The van der Waals surface area contributed by atoms with Crippen LogP contribution in [-0.2, 0) is 107 Å². The summed E-state index contributed by atoms with van der Waals surface area (Å²) < 4.78 is 72.7. The maximum atomic E-state index is 13.1. The molecule has 2 fully saturated rings. The third kappa shape index (κ3) is 15.2. The van der Waals surface area contributed by atoms with Crippen LogP contribution in [0.2, 0.25) is 0 Å². The Morgan fingerprint density at radius 3 is 1.48 bits per heavy atom. The van der Waals surface area contributed by atoms with Crippen molar-refractivity contribution in [3.8, 4) is 0 Å². The topological polar surface area (TPSA) is 277 Å². The number of carbonyl (C=O) groups is 9. The molecule has 0 aromatic heterocycles. The van der Waals surface area contributed by atoms with Gasteiger partial charge in [-0.05, 0) is 5.56 Å². The average molecular weight is 886 g/mol. The largest absolute Gasteiger partial charge is 0.467 e. The smallest absolute Gasteiger partial charge is 0.410 e. The molecule has 0 radical (unpaired) electrons. The molecule has 62 heavy (non-hydrogen) atoms. The molecule has 0 aliphatic carbocycles. The van der Waals surface area contributed by atoms with Gasteiger partial charge in [-0.2, -0.15) is 0 Å². The van der Waals surface area contributed by atoms with Gasteiger partial charge in [-0.25, -0.2) is 9.59 Å². The molecule has 3 rings (SSSR count). The first-order valence-corrected chi connectivity index (χ1v) is 18.9. The quantitative estimate of drug-likeness (QED) is 0.143. The molecule has 2 saturated heterocycles. The molecule has 0 saturated carbocycles. The lowest BCUT2D eigenvalue weighted by Gasteiger charge is -2.48. The number of carbonyl (C=O) groups excluding carboxylic acids is 9. The third-order valence-corrected chi connectivity index (χ3v) is 8.74. The maximum absolute atomic E-state index is 13.1. The summed E-state index contributed by atoms with van der Waals surface area (Å²) in [6, 6.07) is 7.14. The van der Waals surface area contributed by atoms with E-state index < -0.39 is 141 Å². The Kier molecular flexibility index (Phi) is 19.5. The van der Waals surface area contributed by atoms with Crippen LogP contribution < -0.4 is 0 Å². The highest BCUT2D eigenvalue weighted by Crippen LogP contribution is 2.36. The second-order valence-electron chi connectivity index (χ2n) is 13.7. The summed E-state index contributed by atoms with van der Waals surface area (Å²) in [6.07, 6.45) is -18.1. The van der Waals surface area contributed by atoms with Crippen molar-refractivity contribution in [2.45, 2.75) is 123 Å². The highest BCUT2D eigenvalue weighted by atomic mass is 16.8. The minimum atomic E-state index is -1.91. The lowest BCUT2D eigenvalue weighted by molar-refractivity contribution is -0.361. The highest BCUT2D eigenvalue weighted by molar-refractivity contribution is 5.81. The molecule has 2 aliphatic heterocycles. The number of rotatable bonds is 18. The number of benzene rings is 1. The summed E-state index contributed by atoms with van der Waals surface area (Å²) in [4.78, 5) is 114. The number of ether oxygens (including phenoxy) is 13. The van der Waals surface area contributed by atoms with Crippen LogP contribution in [0.25, 0.3) is 0 Å². The van der Waals surface area contributed by atoms with Gasteiger partial charge in [0.05, 0.1) is 13.7 Å². The normalized spacial score (nSPS) is 26.0. The summed E-state index contributed by atoms with van der Waals surface area (Å²) in [5.41, 5.74) is 0.649. The van der Waals surface area contributed by atoms with Crippen LogP contribution in [-0.4, -0.2) is 160 Å². The summed E-state index contributed by atoms with van der Waals surface area (Å²) in [6.45, 7) is 4.94. The van der Waals surface area contributed by atoms with Crippen molar-refractivity contribution in [2.75, 3.05) is 34.0 Å². The summed E-state index contributed by atoms with van der Waals surface area (Å²) in [5, 5.41) is 0. The molecule has 0 N–H and O–H groups in total. The van der Waals surface area contributed by atoms with E-state index in [9.17, 15) is 43.2 Å². The number of methoxy groups -OCH3 is 1. The standard InChI is InChI=1S/C39H51NO22/c1-19(41)51-17-28-30(55-21(3)43)32(56-22(4)44)35(59-25(7)47)38(61-28)62-31-29(18-52-20(2)42)60-37(34(58-24(6)46)33(31)57-23(5)45)53-16-27(36(48)50-9)40(8)39(49)54-15-26-13-11-10-12-14-26/h10-14,27-35,37-38H,15-18H2,1-9H3/t27-,28+,29+,30-,31+,32-,33-,34+,35+,37+,38-/m0/s1. The molecule has 1 amide bonds. The van der Waals surface area contributed by atoms with Crippen molar-refractivity contribution in [3.63, 3.8) is 0 Å². The lowest BCUT2D eigenvalue weighted by Crippen LogP contribution is -2.67. The fourth-order valence-electron chi connectivity index (χ4n) is 6.21. The molecule has 0 bridgehead atoms. The van der Waals surface area contributed by atoms with Crippen LogP contribution in [0.5, 0.6) is 0 Å². The summed E-state index contributed by atoms with van der Waals surface area (Å²) >= 11 is 0. The van der Waals surface area contributed by atoms with Gasteiger partial charge in [0, 0.05) is 55.5 Å². The van der Waals surface area contributed by atoms with Crippen LogP contribution in [0.3, 0.4) is 0 Å². The van der Waals surface area contributed by atoms with Gasteiger partial charge in [-0.15, -0.1) is 0 Å². The summed E-state index contributed by atoms with van der Waals surface area (Å²) in [7, 11) is 2.28. The lowest BCUT2D eigenvalue weighted by atomic mass is 9.96. The number of hydrogen-bond donors (Lipinski definition) is 0. The molecule has 344 valence electrons. The van der Waals surface area contributed by atoms with Crippen LogP contribution in [0.4, 0.5) is 4.79 Å². The van der Waals surface area contributed by atoms with E-state index >= 15 is 0 Å². The van der Waals surface area contributed by atoms with Gasteiger partial charge in [0.2, 0.25) is 0 Å². The van der Waals surface area contributed by atoms with Gasteiger partial charge < -0.3 is 61.6 Å². The van der Waals surface area contributed by atoms with Crippen molar-refractivity contribution < 1.29 is 105 Å². The number of esters is 8. The molecule has 1 aromatic carbocycles. The molecule has 0 unspecified atom stereocenters. The second-order valence-corrected chi connectivity index (χ2v) is 13.7. The van der Waals surface area contributed by atoms with E-state index in [2.05, 4.69) is 0 Å². The number of amides is 1. The Morgan fingerprint density at radius 2 is 1.00 bits per heavy atom. The van der Waals surface area contributed by atoms with Crippen molar-refractivity contribution >= 4 is 53.8 Å². The number of likely N-dealkylation sites (N-methyl/N-ethyl adjacent to an activating group) is 1. The van der Waals surface area contributed by atoms with Crippen molar-refractivity contribution in [1.29, 1.82) is 0 Å². The summed E-state index contributed by atoms with van der Waals surface area (Å²) in [5.74, 6) is -7.37. The molecule has 2 heterocycles. The molecule has 23 heteroatoms. The monoisotopic (exact) mass is 885 g/mol. The first kappa shape index (κ1) is 50.4. The molecule has 23 nitrogen and oxygen atoms in total. The van der Waals surface area contributed by atoms with Gasteiger partial charge >= 0.3 is 53.8 Å². The molecule has 1 aromatic rings. The van der Waals surface area contributed by atoms with Gasteiger partial charge in [0.15, 0.2) is 49.1 Å². The molecular formula is C39H51NO22. The predicted octanol–water partition coefficient (Wildman–Crippen LogP) is 0.433. The first-order chi connectivity index (χ1) is 29.2. The second kappa shape index (κ2) is 23.9. The zero-order valence-corrected chi connectivity index (χ0v) is 35.5. The predicted molar refractivity (Wildman–Crippen MR) is 199 cm³/mol. The minimum absolute atomic E-state index is 0.151. The van der Waals surface area contributed by atoms with Crippen LogP contribution in [0, 0.1) is 0 Å². The maximum Gasteiger partial charge on any atom is 0.410 e. The Bertz CT molecular complexity index is 1750. The van der Waals surface area contributed by atoms with Gasteiger partial charge in [0.1, 0.15) is 38.1 Å². The fourth-order valence-corrected chi connectivity index (χ4v) is 6.21. The Morgan fingerprint density at radius 1 is 0.565 bits per heavy atom. The molecule has 11 atom stereocenters. The average Bonchev–Trinajstić information content (AvgIpc) is 3.18. The third-order valence-electron chi connectivity index (χ3n) is 8.74. The zero-order chi connectivity index (χ0) is 46.3. The van der Waals surface area contributed by atoms with Crippen molar-refractivity contribution in [2.24, 2.45) is 0 Å². The van der Waals surface area contributed by atoms with Crippen LogP contribution in [0.1, 0.15) is 54.0 Å². The van der Waals surface area contributed by atoms with E-state index in [1.807, 2.05) is 0 Å². The van der Waals surface area contributed by atoms with Gasteiger partial charge in [0.25, 0.3) is 0 Å². The van der Waals surface area contributed by atoms with Gasteiger partial charge in [-0.3, -0.25) is 38.5 Å². The van der Waals surface area contributed by atoms with E-state index in [0.29, 0.717) is 5.56 Å². The van der Waals surface area contributed by atoms with E-state index in [-0.39, 0.29) is 6.61 Å². The minimum Gasteiger partial charge on any atom is -0.467 e. The molecule has 0 spiro atoms. The van der Waals surface area contributed by atoms with Crippen LogP contribution in [0.15, 0.2) is 30.3 Å². The highest BCUT2D eigenvalue weighted by Gasteiger charge is 2.58. The Hall–Kier alpha value is -5.91. The van der Waals surface area contributed by atoms with Crippen molar-refractivity contribution in [1.82, 2.24) is 4.90 Å². The van der Waals surface area contributed by atoms with E-state index in [4.69, 9.17) is 61.6 Å². The Labute approximate surface area is 355 Å². The van der Waals surface area contributed by atoms with E-state index in [1.54, 1.807) is 30.3 Å². The van der Waals surface area contributed by atoms with E-state index in [1.165, 1.54) is 7.05 Å². The number of nitrogens with zero attached hydrogens (tertiary/aromatic N) is 1. The number of hydrogen-bond acceptors (Lipinski definition) is 22. The SMILES string of the molecule is COC(=O)[C@H](CO[C@@H]1O[C@H](COC(C)=O)[C@@H](O[C@@H]2O[C@H](COC(C)=O)[C@H](OC(C)=O)[C@H](OC(C)=O)[C@H]2OC(C)=O)[C@H](OC(C)=O)[C@H]1OC(C)=O)N(C)C(=O)OCc1ccccc1.